The lowest BCUT2D eigenvalue weighted by molar-refractivity contribution is -0.126. The van der Waals surface area contributed by atoms with E-state index in [0.717, 1.165) is 19.3 Å². The number of carbonyl (C=O) groups is 2. The number of hydrazine groups is 1. The maximum Gasteiger partial charge on any atom is 0.273 e. The fourth-order valence-electron chi connectivity index (χ4n) is 1.90. The number of carbonyl (C=O) groups excluding carboxylic acids is 2. The van der Waals surface area contributed by atoms with E-state index >= 15 is 0 Å². The standard InChI is InChI=1S/C12H16N4O2/c1-8-10(7-13-14-8)12(18)16-15-11(17)9-5-3-2-4-6-9/h2-3,7,9H,4-6H2,1H3,(H,13,14)(H,15,17)(H,16,18). The Morgan fingerprint density at radius 1 is 1.39 bits per heavy atom. The van der Waals surface area contributed by atoms with Crippen LogP contribution in [0.4, 0.5) is 0 Å². The zero-order chi connectivity index (χ0) is 13.0. The topological polar surface area (TPSA) is 86.9 Å². The Bertz CT molecular complexity index is 478. The Kier molecular flexibility index (Phi) is 3.76. The van der Waals surface area contributed by atoms with Gasteiger partial charge in [-0.25, -0.2) is 0 Å². The van der Waals surface area contributed by atoms with Crippen molar-refractivity contribution in [2.45, 2.75) is 26.2 Å². The highest BCUT2D eigenvalue weighted by atomic mass is 16.2. The molecule has 0 spiro atoms. The summed E-state index contributed by atoms with van der Waals surface area (Å²) in [4.78, 5) is 23.5. The van der Waals surface area contributed by atoms with Crippen molar-refractivity contribution in [2.24, 2.45) is 5.92 Å². The lowest BCUT2D eigenvalue weighted by Crippen LogP contribution is -2.44. The van der Waals surface area contributed by atoms with Crippen LogP contribution in [-0.4, -0.2) is 22.0 Å². The van der Waals surface area contributed by atoms with Gasteiger partial charge in [0.25, 0.3) is 5.91 Å². The first-order valence-electron chi connectivity index (χ1n) is 5.93. The molecular formula is C12H16N4O2. The second-order valence-corrected chi connectivity index (χ2v) is 4.33. The Balaban J connectivity index is 1.84. The zero-order valence-corrected chi connectivity index (χ0v) is 10.2. The molecule has 1 unspecified atom stereocenters. The van der Waals surface area contributed by atoms with Gasteiger partial charge in [-0.3, -0.25) is 25.5 Å². The van der Waals surface area contributed by atoms with Gasteiger partial charge >= 0.3 is 0 Å². The molecular weight excluding hydrogens is 232 g/mol. The van der Waals surface area contributed by atoms with Crippen LogP contribution < -0.4 is 10.9 Å². The van der Waals surface area contributed by atoms with Crippen molar-refractivity contribution in [3.8, 4) is 0 Å². The van der Waals surface area contributed by atoms with Crippen LogP contribution >= 0.6 is 0 Å². The summed E-state index contributed by atoms with van der Waals surface area (Å²) in [6, 6.07) is 0. The second-order valence-electron chi connectivity index (χ2n) is 4.33. The number of nitrogens with one attached hydrogen (secondary N) is 3. The summed E-state index contributed by atoms with van der Waals surface area (Å²) in [5, 5.41) is 6.42. The molecule has 1 aliphatic rings. The Labute approximate surface area is 105 Å². The second kappa shape index (κ2) is 5.48. The van der Waals surface area contributed by atoms with E-state index < -0.39 is 0 Å². The van der Waals surface area contributed by atoms with Gasteiger partial charge in [-0.15, -0.1) is 0 Å². The third-order valence-corrected chi connectivity index (χ3v) is 3.01. The van der Waals surface area contributed by atoms with Crippen LogP contribution in [0.1, 0.15) is 35.3 Å². The summed E-state index contributed by atoms with van der Waals surface area (Å²) in [7, 11) is 0. The molecule has 0 bridgehead atoms. The van der Waals surface area contributed by atoms with Crippen LogP contribution in [0.2, 0.25) is 0 Å². The Hall–Kier alpha value is -2.11. The first-order valence-corrected chi connectivity index (χ1v) is 5.93. The van der Waals surface area contributed by atoms with Gasteiger partial charge in [0, 0.05) is 11.6 Å². The molecule has 1 aromatic heterocycles. The number of rotatable bonds is 2. The first kappa shape index (κ1) is 12.3. The Morgan fingerprint density at radius 2 is 2.22 bits per heavy atom. The fourth-order valence-corrected chi connectivity index (χ4v) is 1.90. The van der Waals surface area contributed by atoms with Gasteiger partial charge in [-0.2, -0.15) is 5.10 Å². The van der Waals surface area contributed by atoms with E-state index in [-0.39, 0.29) is 17.7 Å². The van der Waals surface area contributed by atoms with Gasteiger partial charge in [-0.05, 0) is 26.2 Å². The molecule has 0 saturated heterocycles. The number of hydrogen-bond donors (Lipinski definition) is 3. The van der Waals surface area contributed by atoms with Gasteiger partial charge in [0.05, 0.1) is 11.8 Å². The molecule has 6 heteroatoms. The predicted octanol–water partition coefficient (Wildman–Crippen LogP) is 0.835. The zero-order valence-electron chi connectivity index (χ0n) is 10.2. The smallest absolute Gasteiger partial charge is 0.273 e. The van der Waals surface area contributed by atoms with Crippen molar-refractivity contribution >= 4 is 11.8 Å². The molecule has 0 radical (unpaired) electrons. The molecule has 1 atom stereocenters. The van der Waals surface area contributed by atoms with E-state index in [2.05, 4.69) is 27.1 Å². The van der Waals surface area contributed by atoms with Crippen molar-refractivity contribution in [3.63, 3.8) is 0 Å². The number of H-pyrrole nitrogens is 1. The molecule has 6 nitrogen and oxygen atoms in total. The highest BCUT2D eigenvalue weighted by Crippen LogP contribution is 2.17. The molecule has 0 saturated carbocycles. The molecule has 1 aromatic rings. The van der Waals surface area contributed by atoms with Crippen molar-refractivity contribution in [2.75, 3.05) is 0 Å². The van der Waals surface area contributed by atoms with E-state index in [9.17, 15) is 9.59 Å². The maximum atomic E-state index is 11.8. The van der Waals surface area contributed by atoms with E-state index in [1.54, 1.807) is 6.92 Å². The van der Waals surface area contributed by atoms with E-state index in [0.29, 0.717) is 11.3 Å². The summed E-state index contributed by atoms with van der Waals surface area (Å²) < 4.78 is 0. The van der Waals surface area contributed by atoms with Crippen molar-refractivity contribution in [3.05, 3.63) is 29.6 Å². The van der Waals surface area contributed by atoms with Crippen molar-refractivity contribution in [1.29, 1.82) is 0 Å². The van der Waals surface area contributed by atoms with Gasteiger partial charge in [0.2, 0.25) is 5.91 Å². The van der Waals surface area contributed by atoms with Crippen LogP contribution in [0.25, 0.3) is 0 Å². The normalized spacial score (nSPS) is 18.4. The first-order chi connectivity index (χ1) is 8.68. The third kappa shape index (κ3) is 2.77. The number of aromatic amines is 1. The molecule has 3 N–H and O–H groups in total. The fraction of sp³-hybridized carbons (Fsp3) is 0.417. The SMILES string of the molecule is Cc1[nH]ncc1C(=O)NNC(=O)C1CC=CCC1. The summed E-state index contributed by atoms with van der Waals surface area (Å²) >= 11 is 0. The number of hydrogen-bond acceptors (Lipinski definition) is 3. The Morgan fingerprint density at radius 3 is 2.83 bits per heavy atom. The van der Waals surface area contributed by atoms with Gasteiger partial charge in [-0.1, -0.05) is 12.2 Å². The van der Waals surface area contributed by atoms with Crippen LogP contribution in [-0.2, 0) is 4.79 Å². The van der Waals surface area contributed by atoms with Crippen LogP contribution in [0.15, 0.2) is 18.3 Å². The molecule has 0 fully saturated rings. The average molecular weight is 248 g/mol. The lowest BCUT2D eigenvalue weighted by Gasteiger charge is -2.17. The van der Waals surface area contributed by atoms with Gasteiger partial charge in [0.15, 0.2) is 0 Å². The number of allylic oxidation sites excluding steroid dienone is 2. The van der Waals surface area contributed by atoms with E-state index in [1.807, 2.05) is 6.08 Å². The molecule has 1 aliphatic carbocycles. The minimum Gasteiger partial charge on any atom is -0.282 e. The van der Waals surface area contributed by atoms with Crippen molar-refractivity contribution in [1.82, 2.24) is 21.0 Å². The third-order valence-electron chi connectivity index (χ3n) is 3.01. The number of amides is 2. The summed E-state index contributed by atoms with van der Waals surface area (Å²) in [5.41, 5.74) is 5.95. The molecule has 18 heavy (non-hydrogen) atoms. The number of aryl methyl sites for hydroxylation is 1. The van der Waals surface area contributed by atoms with E-state index in [1.165, 1.54) is 6.20 Å². The van der Waals surface area contributed by atoms with Gasteiger partial charge < -0.3 is 0 Å². The quantitative estimate of drug-likeness (QED) is 0.535. The van der Waals surface area contributed by atoms with Crippen LogP contribution in [0.3, 0.4) is 0 Å². The predicted molar refractivity (Wildman–Crippen MR) is 65.4 cm³/mol. The van der Waals surface area contributed by atoms with E-state index in [4.69, 9.17) is 0 Å². The maximum absolute atomic E-state index is 11.8. The largest absolute Gasteiger partial charge is 0.282 e. The highest BCUT2D eigenvalue weighted by Gasteiger charge is 2.19. The minimum absolute atomic E-state index is 0.0549. The minimum atomic E-state index is -0.360. The number of nitrogens with zero attached hydrogens (tertiary/aromatic N) is 1. The van der Waals surface area contributed by atoms with Crippen LogP contribution in [0, 0.1) is 12.8 Å². The average Bonchev–Trinajstić information content (AvgIpc) is 2.83. The summed E-state index contributed by atoms with van der Waals surface area (Å²) in [6.07, 6.45) is 7.95. The number of aromatic nitrogens is 2. The summed E-state index contributed by atoms with van der Waals surface area (Å²) in [6.45, 7) is 1.75. The van der Waals surface area contributed by atoms with Crippen molar-refractivity contribution < 1.29 is 9.59 Å². The molecule has 2 rings (SSSR count). The highest BCUT2D eigenvalue weighted by molar-refractivity contribution is 5.96. The summed E-state index contributed by atoms with van der Waals surface area (Å²) in [5.74, 6) is -0.560. The van der Waals surface area contributed by atoms with Crippen LogP contribution in [0.5, 0.6) is 0 Å². The molecule has 0 aromatic carbocycles. The molecule has 96 valence electrons. The molecule has 2 amide bonds. The molecule has 0 aliphatic heterocycles. The monoisotopic (exact) mass is 248 g/mol. The lowest BCUT2D eigenvalue weighted by atomic mass is 9.94. The molecule has 1 heterocycles. The van der Waals surface area contributed by atoms with Gasteiger partial charge in [0.1, 0.15) is 0 Å².